The van der Waals surface area contributed by atoms with Gasteiger partial charge in [0.15, 0.2) is 0 Å². The second-order valence-corrected chi connectivity index (χ2v) is 3.17. The quantitative estimate of drug-likeness (QED) is 0.704. The number of hydrazone groups is 1. The van der Waals surface area contributed by atoms with Gasteiger partial charge in [0.1, 0.15) is 12.0 Å². The lowest BCUT2D eigenvalue weighted by atomic mass is 10.2. The molecular weight excluding hydrogens is 162 g/mol. The Morgan fingerprint density at radius 3 is 2.54 bits per heavy atom. The van der Waals surface area contributed by atoms with E-state index in [-0.39, 0.29) is 6.17 Å². The van der Waals surface area contributed by atoms with Crippen molar-refractivity contribution in [2.24, 2.45) is 5.10 Å². The third-order valence-corrected chi connectivity index (χ3v) is 2.18. The van der Waals surface area contributed by atoms with Crippen LogP contribution in [0.25, 0.3) is 0 Å². The summed E-state index contributed by atoms with van der Waals surface area (Å²) in [5, 5.41) is 4.17. The van der Waals surface area contributed by atoms with E-state index in [1.807, 2.05) is 25.1 Å². The number of amidine groups is 1. The van der Waals surface area contributed by atoms with Gasteiger partial charge in [-0.25, -0.2) is 0 Å². The average molecular weight is 175 g/mol. The summed E-state index contributed by atoms with van der Waals surface area (Å²) in [6.45, 7) is 4.09. The standard InChI is InChI=1S/C10H13N3/c1-8-11-12-9(2)13(8)10-6-4-3-5-7-10/h3-8,11H,1-2H3. The van der Waals surface area contributed by atoms with Crippen LogP contribution in [0.2, 0.25) is 0 Å². The summed E-state index contributed by atoms with van der Waals surface area (Å²) in [6.07, 6.45) is 0.252. The van der Waals surface area contributed by atoms with Crippen LogP contribution in [0.4, 0.5) is 5.69 Å². The summed E-state index contributed by atoms with van der Waals surface area (Å²) in [6, 6.07) is 10.3. The second kappa shape index (κ2) is 3.09. The Balaban J connectivity index is 2.31. The van der Waals surface area contributed by atoms with E-state index < -0.39 is 0 Å². The minimum atomic E-state index is 0.252. The van der Waals surface area contributed by atoms with Crippen LogP contribution in [0.1, 0.15) is 13.8 Å². The molecule has 0 saturated carbocycles. The maximum Gasteiger partial charge on any atom is 0.127 e. The molecule has 3 nitrogen and oxygen atoms in total. The highest BCUT2D eigenvalue weighted by Crippen LogP contribution is 2.18. The highest BCUT2D eigenvalue weighted by atomic mass is 15.5. The molecule has 2 rings (SSSR count). The molecule has 1 aliphatic heterocycles. The normalized spacial score (nSPS) is 21.2. The fraction of sp³-hybridized carbons (Fsp3) is 0.300. The first-order valence-corrected chi connectivity index (χ1v) is 4.43. The zero-order chi connectivity index (χ0) is 9.26. The molecule has 1 heterocycles. The monoisotopic (exact) mass is 175 g/mol. The molecule has 0 saturated heterocycles. The Kier molecular flexibility index (Phi) is 1.93. The van der Waals surface area contributed by atoms with E-state index in [1.165, 1.54) is 5.69 Å². The number of para-hydroxylation sites is 1. The number of rotatable bonds is 1. The van der Waals surface area contributed by atoms with Crippen LogP contribution in [0.15, 0.2) is 35.4 Å². The van der Waals surface area contributed by atoms with Gasteiger partial charge in [0.05, 0.1) is 0 Å². The van der Waals surface area contributed by atoms with E-state index in [9.17, 15) is 0 Å². The summed E-state index contributed by atoms with van der Waals surface area (Å²) in [5.41, 5.74) is 4.21. The fourth-order valence-corrected chi connectivity index (χ4v) is 1.58. The number of benzene rings is 1. The van der Waals surface area contributed by atoms with Crippen molar-refractivity contribution >= 4 is 11.5 Å². The zero-order valence-corrected chi connectivity index (χ0v) is 7.86. The first-order valence-electron chi connectivity index (χ1n) is 4.43. The highest BCUT2D eigenvalue weighted by Gasteiger charge is 2.21. The number of nitrogens with one attached hydrogen (secondary N) is 1. The maximum atomic E-state index is 4.17. The van der Waals surface area contributed by atoms with Gasteiger partial charge in [-0.3, -0.25) is 5.43 Å². The SMILES string of the molecule is CC1=NNC(C)N1c1ccccc1. The van der Waals surface area contributed by atoms with Crippen molar-refractivity contribution in [3.8, 4) is 0 Å². The predicted octanol–water partition coefficient (Wildman–Crippen LogP) is 1.78. The third kappa shape index (κ3) is 1.37. The van der Waals surface area contributed by atoms with E-state index >= 15 is 0 Å². The van der Waals surface area contributed by atoms with Crippen molar-refractivity contribution in [3.05, 3.63) is 30.3 Å². The van der Waals surface area contributed by atoms with Crippen LogP contribution in [-0.2, 0) is 0 Å². The lowest BCUT2D eigenvalue weighted by Gasteiger charge is -2.22. The first kappa shape index (κ1) is 8.10. The molecule has 0 fully saturated rings. The first-order chi connectivity index (χ1) is 6.29. The molecule has 1 unspecified atom stereocenters. The van der Waals surface area contributed by atoms with Gasteiger partial charge in [-0.2, -0.15) is 5.10 Å². The molecule has 0 aliphatic carbocycles. The molecule has 0 radical (unpaired) electrons. The van der Waals surface area contributed by atoms with E-state index in [0.29, 0.717) is 0 Å². The van der Waals surface area contributed by atoms with Crippen molar-refractivity contribution in [1.82, 2.24) is 5.43 Å². The molecule has 0 spiro atoms. The van der Waals surface area contributed by atoms with E-state index in [2.05, 4.69) is 34.5 Å². The zero-order valence-electron chi connectivity index (χ0n) is 7.86. The lowest BCUT2D eigenvalue weighted by Crippen LogP contribution is -2.36. The van der Waals surface area contributed by atoms with Crippen molar-refractivity contribution < 1.29 is 0 Å². The Hall–Kier alpha value is -1.51. The van der Waals surface area contributed by atoms with Crippen LogP contribution in [0.5, 0.6) is 0 Å². The number of anilines is 1. The molecule has 3 heteroatoms. The topological polar surface area (TPSA) is 27.6 Å². The number of hydrogen-bond acceptors (Lipinski definition) is 3. The van der Waals surface area contributed by atoms with Crippen LogP contribution in [0, 0.1) is 0 Å². The maximum absolute atomic E-state index is 4.17. The number of hydrogen-bond donors (Lipinski definition) is 1. The predicted molar refractivity (Wildman–Crippen MR) is 54.6 cm³/mol. The van der Waals surface area contributed by atoms with Crippen molar-refractivity contribution in [1.29, 1.82) is 0 Å². The van der Waals surface area contributed by atoms with Gasteiger partial charge in [-0.15, -0.1) is 0 Å². The summed E-state index contributed by atoms with van der Waals surface area (Å²) in [4.78, 5) is 2.17. The third-order valence-electron chi connectivity index (χ3n) is 2.18. The summed E-state index contributed by atoms with van der Waals surface area (Å²) >= 11 is 0. The Morgan fingerprint density at radius 1 is 1.31 bits per heavy atom. The second-order valence-electron chi connectivity index (χ2n) is 3.17. The van der Waals surface area contributed by atoms with Crippen LogP contribution >= 0.6 is 0 Å². The van der Waals surface area contributed by atoms with E-state index in [1.54, 1.807) is 0 Å². The summed E-state index contributed by atoms with van der Waals surface area (Å²) in [5.74, 6) is 1.01. The van der Waals surface area contributed by atoms with Gasteiger partial charge in [0.25, 0.3) is 0 Å². The molecule has 68 valence electrons. The molecule has 1 atom stereocenters. The van der Waals surface area contributed by atoms with Gasteiger partial charge in [0.2, 0.25) is 0 Å². The summed E-state index contributed by atoms with van der Waals surface area (Å²) < 4.78 is 0. The average Bonchev–Trinajstić information content (AvgIpc) is 2.48. The molecule has 1 aromatic rings. The van der Waals surface area contributed by atoms with E-state index in [4.69, 9.17) is 0 Å². The van der Waals surface area contributed by atoms with Gasteiger partial charge < -0.3 is 4.90 Å². The lowest BCUT2D eigenvalue weighted by molar-refractivity contribution is 0.632. The molecular formula is C10H13N3. The summed E-state index contributed by atoms with van der Waals surface area (Å²) in [7, 11) is 0. The molecule has 0 bridgehead atoms. The minimum absolute atomic E-state index is 0.252. The van der Waals surface area contributed by atoms with Crippen LogP contribution in [0.3, 0.4) is 0 Å². The van der Waals surface area contributed by atoms with Crippen molar-refractivity contribution in [2.75, 3.05) is 4.90 Å². The fourth-order valence-electron chi connectivity index (χ4n) is 1.58. The largest absolute Gasteiger partial charge is 0.307 e. The minimum Gasteiger partial charge on any atom is -0.307 e. The van der Waals surface area contributed by atoms with Gasteiger partial charge >= 0.3 is 0 Å². The molecule has 0 aromatic heterocycles. The van der Waals surface area contributed by atoms with Crippen LogP contribution < -0.4 is 10.3 Å². The molecule has 1 aliphatic rings. The van der Waals surface area contributed by atoms with Gasteiger partial charge in [-0.1, -0.05) is 18.2 Å². The molecule has 1 aromatic carbocycles. The number of nitrogens with zero attached hydrogens (tertiary/aromatic N) is 2. The van der Waals surface area contributed by atoms with Crippen molar-refractivity contribution in [3.63, 3.8) is 0 Å². The van der Waals surface area contributed by atoms with E-state index in [0.717, 1.165) is 5.84 Å². The van der Waals surface area contributed by atoms with Gasteiger partial charge in [0, 0.05) is 5.69 Å². The molecule has 1 N–H and O–H groups in total. The Morgan fingerprint density at radius 2 is 2.00 bits per heavy atom. The van der Waals surface area contributed by atoms with Crippen LogP contribution in [-0.4, -0.2) is 12.0 Å². The van der Waals surface area contributed by atoms with Gasteiger partial charge in [-0.05, 0) is 26.0 Å². The molecule has 13 heavy (non-hydrogen) atoms. The Bertz CT molecular complexity index is 318. The Labute approximate surface area is 78.1 Å². The molecule has 0 amide bonds. The van der Waals surface area contributed by atoms with Crippen molar-refractivity contribution in [2.45, 2.75) is 20.0 Å². The highest BCUT2D eigenvalue weighted by molar-refractivity contribution is 5.97. The smallest absolute Gasteiger partial charge is 0.127 e.